The van der Waals surface area contributed by atoms with E-state index in [-0.39, 0.29) is 90.1 Å². The maximum Gasteiger partial charge on any atom is 0.317 e. The molecule has 1 saturated heterocycles. The summed E-state index contributed by atoms with van der Waals surface area (Å²) in [7, 11) is 0. The quantitative estimate of drug-likeness (QED) is 0.198. The van der Waals surface area contributed by atoms with Crippen LogP contribution < -0.4 is 0 Å². The third-order valence-corrected chi connectivity index (χ3v) is 6.34. The minimum Gasteiger partial charge on any atom is -0.480 e. The van der Waals surface area contributed by atoms with E-state index in [9.17, 15) is 49.7 Å². The van der Waals surface area contributed by atoms with Crippen molar-refractivity contribution in [2.45, 2.75) is 6.42 Å². The Hall–Kier alpha value is -3.66. The van der Waals surface area contributed by atoms with E-state index in [0.29, 0.717) is 6.42 Å². The molecule has 1 aliphatic heterocycles. The number of hydrogen-bond donors (Lipinski definition) is 4. The summed E-state index contributed by atoms with van der Waals surface area (Å²) in [6.07, 6.45) is 0.377. The van der Waals surface area contributed by atoms with Gasteiger partial charge in [0, 0.05) is 64.5 Å². The molecule has 39 heavy (non-hydrogen) atoms. The van der Waals surface area contributed by atoms with Crippen molar-refractivity contribution >= 4 is 29.6 Å². The van der Waals surface area contributed by atoms with Gasteiger partial charge < -0.3 is 20.4 Å². The fourth-order valence-electron chi connectivity index (χ4n) is 4.63. The summed E-state index contributed by atoms with van der Waals surface area (Å²) in [5.41, 5.74) is 0.672. The number of carbonyl (C=O) groups is 4. The summed E-state index contributed by atoms with van der Waals surface area (Å²) in [6, 6.07) is 5.94. The van der Waals surface area contributed by atoms with Crippen molar-refractivity contribution < 1.29 is 44.5 Å². The number of nitrogens with zero attached hydrogens (tertiary/aromatic N) is 5. The van der Waals surface area contributed by atoms with Gasteiger partial charge in [0.05, 0.1) is 31.1 Å². The number of carboxylic acid groups (broad SMARTS) is 4. The first-order chi connectivity index (χ1) is 18.4. The highest BCUT2D eigenvalue weighted by atomic mass is 16.6. The van der Waals surface area contributed by atoms with E-state index in [2.05, 4.69) is 0 Å². The topological polar surface area (TPSA) is 205 Å². The number of aliphatic carboxylic acids is 4. The van der Waals surface area contributed by atoms with Gasteiger partial charge in [-0.15, -0.1) is 0 Å². The molecule has 1 aromatic carbocycles. The van der Waals surface area contributed by atoms with Crippen LogP contribution in [0.2, 0.25) is 0 Å². The van der Waals surface area contributed by atoms with Crippen molar-refractivity contribution in [1.29, 1.82) is 0 Å². The minimum atomic E-state index is -1.08. The van der Waals surface area contributed by atoms with Crippen molar-refractivity contribution in [2.75, 3.05) is 78.5 Å². The SMILES string of the molecule is O=C(O)CN1CCN(CC(=O)O)CCN(CC(=O)O)CC(Cc2ccc([N+](=O)[O-])cc2)CN(CC(=O)O)CC1. The van der Waals surface area contributed by atoms with Gasteiger partial charge in [-0.05, 0) is 17.9 Å². The Morgan fingerprint density at radius 2 is 1.00 bits per heavy atom. The Morgan fingerprint density at radius 3 is 1.33 bits per heavy atom. The second-order valence-corrected chi connectivity index (χ2v) is 9.59. The maximum absolute atomic E-state index is 11.6. The normalized spacial score (nSPS) is 17.9. The molecular weight excluding hydrogens is 518 g/mol. The van der Waals surface area contributed by atoms with Crippen LogP contribution in [0, 0.1) is 16.0 Å². The van der Waals surface area contributed by atoms with E-state index in [4.69, 9.17) is 0 Å². The summed E-state index contributed by atoms with van der Waals surface area (Å²) in [5.74, 6) is -4.58. The Balaban J connectivity index is 2.38. The van der Waals surface area contributed by atoms with Gasteiger partial charge in [-0.3, -0.25) is 48.9 Å². The van der Waals surface area contributed by atoms with Crippen LogP contribution in [0.25, 0.3) is 0 Å². The van der Waals surface area contributed by atoms with Crippen molar-refractivity contribution in [2.24, 2.45) is 5.92 Å². The number of nitro benzene ring substituents is 1. The average Bonchev–Trinajstić information content (AvgIpc) is 2.83. The molecule has 0 saturated carbocycles. The Bertz CT molecular complexity index is 956. The molecule has 1 fully saturated rings. The van der Waals surface area contributed by atoms with Crippen molar-refractivity contribution in [1.82, 2.24) is 19.6 Å². The maximum atomic E-state index is 11.6. The second-order valence-electron chi connectivity index (χ2n) is 9.59. The predicted molar refractivity (Wildman–Crippen MR) is 137 cm³/mol. The Kier molecular flexibility index (Phi) is 12.7. The molecule has 15 heteroatoms. The highest BCUT2D eigenvalue weighted by Crippen LogP contribution is 2.17. The molecular formula is C24H35N5O10. The lowest BCUT2D eigenvalue weighted by Crippen LogP contribution is -2.44. The largest absolute Gasteiger partial charge is 0.480 e. The van der Waals surface area contributed by atoms with Crippen LogP contribution in [0.5, 0.6) is 0 Å². The first kappa shape index (κ1) is 31.6. The molecule has 1 aliphatic rings. The van der Waals surface area contributed by atoms with Crippen LogP contribution in [0.15, 0.2) is 24.3 Å². The summed E-state index contributed by atoms with van der Waals surface area (Å²) in [4.78, 5) is 63.1. The molecule has 0 aromatic heterocycles. The van der Waals surface area contributed by atoms with Gasteiger partial charge in [0.25, 0.3) is 5.69 Å². The van der Waals surface area contributed by atoms with Gasteiger partial charge in [-0.25, -0.2) is 0 Å². The smallest absolute Gasteiger partial charge is 0.317 e. The minimum absolute atomic E-state index is 0.0780. The van der Waals surface area contributed by atoms with Crippen molar-refractivity contribution in [3.63, 3.8) is 0 Å². The molecule has 1 aromatic rings. The van der Waals surface area contributed by atoms with Gasteiger partial charge in [0.15, 0.2) is 0 Å². The lowest BCUT2D eigenvalue weighted by atomic mass is 9.97. The zero-order valence-corrected chi connectivity index (χ0v) is 21.6. The van der Waals surface area contributed by atoms with E-state index >= 15 is 0 Å². The predicted octanol–water partition coefficient (Wildman–Crippen LogP) is -0.686. The molecule has 2 rings (SSSR count). The van der Waals surface area contributed by atoms with Crippen LogP contribution in [0.4, 0.5) is 5.69 Å². The zero-order chi connectivity index (χ0) is 28.9. The second kappa shape index (κ2) is 15.7. The van der Waals surface area contributed by atoms with E-state index in [1.165, 1.54) is 12.1 Å². The van der Waals surface area contributed by atoms with E-state index in [1.54, 1.807) is 31.7 Å². The van der Waals surface area contributed by atoms with Gasteiger partial charge in [-0.1, -0.05) is 12.1 Å². The van der Waals surface area contributed by atoms with Gasteiger partial charge >= 0.3 is 23.9 Å². The Morgan fingerprint density at radius 1 is 0.667 bits per heavy atom. The number of nitro groups is 1. The highest BCUT2D eigenvalue weighted by Gasteiger charge is 2.24. The number of hydrogen-bond acceptors (Lipinski definition) is 10. The zero-order valence-electron chi connectivity index (χ0n) is 21.6. The average molecular weight is 554 g/mol. The lowest BCUT2D eigenvalue weighted by molar-refractivity contribution is -0.384. The van der Waals surface area contributed by atoms with Gasteiger partial charge in [-0.2, -0.15) is 0 Å². The summed E-state index contributed by atoms with van der Waals surface area (Å²) >= 11 is 0. The van der Waals surface area contributed by atoms with Crippen LogP contribution in [-0.4, -0.2) is 147 Å². The number of benzene rings is 1. The molecule has 0 unspecified atom stereocenters. The van der Waals surface area contributed by atoms with Crippen LogP contribution in [0.3, 0.4) is 0 Å². The molecule has 0 spiro atoms. The molecule has 0 bridgehead atoms. The van der Waals surface area contributed by atoms with Gasteiger partial charge in [0.2, 0.25) is 0 Å². The Labute approximate surface area is 225 Å². The third kappa shape index (κ3) is 12.6. The summed E-state index contributed by atoms with van der Waals surface area (Å²) < 4.78 is 0. The van der Waals surface area contributed by atoms with E-state index < -0.39 is 28.8 Å². The van der Waals surface area contributed by atoms with Gasteiger partial charge in [0.1, 0.15) is 0 Å². The molecule has 15 nitrogen and oxygen atoms in total. The van der Waals surface area contributed by atoms with Crippen molar-refractivity contribution in [3.05, 3.63) is 39.9 Å². The molecule has 0 atom stereocenters. The summed E-state index contributed by atoms with van der Waals surface area (Å²) in [6.45, 7) is 0.590. The van der Waals surface area contributed by atoms with Crippen LogP contribution in [-0.2, 0) is 25.6 Å². The fourth-order valence-corrected chi connectivity index (χ4v) is 4.63. The van der Waals surface area contributed by atoms with Crippen LogP contribution >= 0.6 is 0 Å². The molecule has 0 amide bonds. The highest BCUT2D eigenvalue weighted by molar-refractivity contribution is 5.70. The molecule has 4 N–H and O–H groups in total. The molecule has 0 radical (unpaired) electrons. The van der Waals surface area contributed by atoms with E-state index in [1.807, 2.05) is 0 Å². The number of rotatable bonds is 11. The third-order valence-electron chi connectivity index (χ3n) is 6.34. The van der Waals surface area contributed by atoms with Crippen molar-refractivity contribution in [3.8, 4) is 0 Å². The number of carboxylic acids is 4. The van der Waals surface area contributed by atoms with E-state index in [0.717, 1.165) is 5.56 Å². The molecule has 0 aliphatic carbocycles. The molecule has 1 heterocycles. The standard InChI is InChI=1S/C24H35N5O10/c30-21(31)14-25-5-6-26(15-22(32)33)8-10-28(17-24(36)37)13-19(12-27(9-7-25)16-23(34)35)11-18-1-3-20(4-2-18)29(38)39/h1-4,19H,5-17H2,(H,30,31)(H,32,33)(H,34,35)(H,36,37). The fraction of sp³-hybridized carbons (Fsp3) is 0.583. The first-order valence-electron chi connectivity index (χ1n) is 12.4. The molecule has 216 valence electrons. The number of non-ortho nitro benzene ring substituents is 1. The lowest BCUT2D eigenvalue weighted by Gasteiger charge is -2.31. The van der Waals surface area contributed by atoms with Crippen LogP contribution in [0.1, 0.15) is 5.56 Å². The monoisotopic (exact) mass is 553 g/mol. The first-order valence-corrected chi connectivity index (χ1v) is 12.4. The summed E-state index contributed by atoms with van der Waals surface area (Å²) in [5, 5.41) is 48.7.